The normalized spacial score (nSPS) is 10.6. The van der Waals surface area contributed by atoms with Crippen molar-refractivity contribution in [2.75, 3.05) is 11.7 Å². The highest BCUT2D eigenvalue weighted by molar-refractivity contribution is 7.98. The Kier molecular flexibility index (Phi) is 5.46. The molecule has 0 spiro atoms. The Morgan fingerprint density at radius 1 is 1.23 bits per heavy atom. The van der Waals surface area contributed by atoms with E-state index >= 15 is 0 Å². The Bertz CT molecular complexity index is 1040. The van der Waals surface area contributed by atoms with Gasteiger partial charge >= 0.3 is 0 Å². The highest BCUT2D eigenvalue weighted by Crippen LogP contribution is 2.19. The first kappa shape index (κ1) is 17.5. The van der Waals surface area contributed by atoms with Crippen molar-refractivity contribution >= 4 is 23.9 Å². The molecule has 0 saturated carbocycles. The number of nitrogens with one attached hydrogen (secondary N) is 2. The van der Waals surface area contributed by atoms with Crippen LogP contribution in [0, 0.1) is 11.3 Å². The van der Waals surface area contributed by atoms with Crippen LogP contribution in [0.5, 0.6) is 0 Å². The molecule has 26 heavy (non-hydrogen) atoms. The second kappa shape index (κ2) is 8.14. The Hall–Kier alpha value is -3.37. The third-order valence-electron chi connectivity index (χ3n) is 3.56. The third kappa shape index (κ3) is 3.99. The molecule has 0 saturated heterocycles. The summed E-state index contributed by atoms with van der Waals surface area (Å²) in [5, 5.41) is 13.4. The number of nitriles is 1. The summed E-state index contributed by atoms with van der Waals surface area (Å²) in [4.78, 5) is 20.2. The summed E-state index contributed by atoms with van der Waals surface area (Å²) in [7, 11) is 0. The van der Waals surface area contributed by atoms with Gasteiger partial charge in [0.05, 0.1) is 11.9 Å². The Balaban J connectivity index is 1.89. The minimum Gasteiger partial charge on any atom is -0.290 e. The number of hydrazone groups is 1. The number of benzene rings is 2. The number of anilines is 1. The van der Waals surface area contributed by atoms with E-state index in [0.29, 0.717) is 11.3 Å². The second-order valence-corrected chi connectivity index (χ2v) is 6.14. The maximum absolute atomic E-state index is 12.2. The van der Waals surface area contributed by atoms with E-state index in [4.69, 9.17) is 0 Å². The Labute approximate surface area is 154 Å². The summed E-state index contributed by atoms with van der Waals surface area (Å²) < 4.78 is 0. The SMILES string of the molecule is CSc1cccc(C=NNc2nc(-c3ccccc3)c(C#N)c(=O)[nH]2)c1. The van der Waals surface area contributed by atoms with E-state index in [2.05, 4.69) is 20.5 Å². The van der Waals surface area contributed by atoms with Crippen molar-refractivity contribution in [3.05, 3.63) is 76.1 Å². The van der Waals surface area contributed by atoms with Crippen LogP contribution in [0.2, 0.25) is 0 Å². The van der Waals surface area contributed by atoms with Gasteiger partial charge in [0.1, 0.15) is 11.6 Å². The molecule has 128 valence electrons. The van der Waals surface area contributed by atoms with Crippen LogP contribution in [0.4, 0.5) is 5.95 Å². The van der Waals surface area contributed by atoms with E-state index in [0.717, 1.165) is 10.5 Å². The molecular formula is C19H15N5OS. The number of nitrogens with zero attached hydrogens (tertiary/aromatic N) is 3. The molecule has 3 rings (SSSR count). The summed E-state index contributed by atoms with van der Waals surface area (Å²) in [6.45, 7) is 0. The quantitative estimate of drug-likeness (QED) is 0.412. The minimum atomic E-state index is -0.511. The lowest BCUT2D eigenvalue weighted by Gasteiger charge is -2.06. The van der Waals surface area contributed by atoms with Gasteiger partial charge in [-0.15, -0.1) is 11.8 Å². The second-order valence-electron chi connectivity index (χ2n) is 5.26. The van der Waals surface area contributed by atoms with Crippen LogP contribution in [-0.2, 0) is 0 Å². The summed E-state index contributed by atoms with van der Waals surface area (Å²) in [6.07, 6.45) is 3.64. The molecule has 0 fully saturated rings. The van der Waals surface area contributed by atoms with E-state index < -0.39 is 5.56 Å². The number of hydrogen-bond acceptors (Lipinski definition) is 6. The zero-order valence-electron chi connectivity index (χ0n) is 13.9. The predicted octanol–water partition coefficient (Wildman–Crippen LogP) is 3.48. The van der Waals surface area contributed by atoms with Crippen molar-refractivity contribution in [1.29, 1.82) is 5.26 Å². The Morgan fingerprint density at radius 3 is 2.77 bits per heavy atom. The van der Waals surface area contributed by atoms with Gasteiger partial charge < -0.3 is 0 Å². The van der Waals surface area contributed by atoms with Gasteiger partial charge in [0.15, 0.2) is 0 Å². The van der Waals surface area contributed by atoms with Crippen LogP contribution in [0.25, 0.3) is 11.3 Å². The largest absolute Gasteiger partial charge is 0.290 e. The third-order valence-corrected chi connectivity index (χ3v) is 4.28. The maximum Gasteiger partial charge on any atom is 0.270 e. The first-order valence-electron chi connectivity index (χ1n) is 7.74. The molecule has 0 bridgehead atoms. The fraction of sp³-hybridized carbons (Fsp3) is 0.0526. The standard InChI is InChI=1S/C19H15N5OS/c1-26-15-9-5-6-13(10-15)12-21-24-19-22-17(14-7-3-2-4-8-14)16(11-20)18(25)23-19/h2-10,12H,1H3,(H2,22,23,24,25). The van der Waals surface area contributed by atoms with Crippen molar-refractivity contribution < 1.29 is 0 Å². The lowest BCUT2D eigenvalue weighted by molar-refractivity contribution is 1.08. The summed E-state index contributed by atoms with van der Waals surface area (Å²) in [5.74, 6) is 0.171. The molecule has 3 aromatic rings. The van der Waals surface area contributed by atoms with Gasteiger partial charge in [0.25, 0.3) is 5.56 Å². The molecular weight excluding hydrogens is 346 g/mol. The number of hydrogen-bond donors (Lipinski definition) is 2. The number of aromatic nitrogens is 2. The molecule has 2 N–H and O–H groups in total. The first-order valence-corrected chi connectivity index (χ1v) is 8.96. The zero-order chi connectivity index (χ0) is 18.4. The molecule has 6 nitrogen and oxygen atoms in total. The smallest absolute Gasteiger partial charge is 0.270 e. The zero-order valence-corrected chi connectivity index (χ0v) is 14.7. The number of H-pyrrole nitrogens is 1. The van der Waals surface area contributed by atoms with Crippen LogP contribution in [-0.4, -0.2) is 22.4 Å². The van der Waals surface area contributed by atoms with Crippen molar-refractivity contribution in [3.8, 4) is 17.3 Å². The van der Waals surface area contributed by atoms with E-state index in [9.17, 15) is 10.1 Å². The van der Waals surface area contributed by atoms with Crippen molar-refractivity contribution in [2.24, 2.45) is 5.10 Å². The van der Waals surface area contributed by atoms with Crippen molar-refractivity contribution in [2.45, 2.75) is 4.90 Å². The highest BCUT2D eigenvalue weighted by atomic mass is 32.2. The van der Waals surface area contributed by atoms with Gasteiger partial charge in [-0.05, 0) is 24.0 Å². The lowest BCUT2D eigenvalue weighted by atomic mass is 10.1. The maximum atomic E-state index is 12.2. The monoisotopic (exact) mass is 361 g/mol. The first-order chi connectivity index (χ1) is 12.7. The summed E-state index contributed by atoms with van der Waals surface area (Å²) >= 11 is 1.65. The van der Waals surface area contributed by atoms with Gasteiger partial charge in [-0.25, -0.2) is 10.4 Å². The molecule has 0 atom stereocenters. The molecule has 0 unspecified atom stereocenters. The molecule has 0 amide bonds. The van der Waals surface area contributed by atoms with Gasteiger partial charge in [-0.3, -0.25) is 9.78 Å². The molecule has 1 heterocycles. The average molecular weight is 361 g/mol. The molecule has 2 aromatic carbocycles. The van der Waals surface area contributed by atoms with Gasteiger partial charge in [-0.1, -0.05) is 42.5 Å². The number of rotatable bonds is 5. The molecule has 0 aliphatic heterocycles. The van der Waals surface area contributed by atoms with Crippen LogP contribution in [0.1, 0.15) is 11.1 Å². The average Bonchev–Trinajstić information content (AvgIpc) is 2.68. The molecule has 0 aliphatic rings. The Morgan fingerprint density at radius 2 is 2.04 bits per heavy atom. The van der Waals surface area contributed by atoms with E-state index in [-0.39, 0.29) is 11.5 Å². The van der Waals surface area contributed by atoms with Crippen molar-refractivity contribution in [3.63, 3.8) is 0 Å². The van der Waals surface area contributed by atoms with Crippen LogP contribution in [0.3, 0.4) is 0 Å². The fourth-order valence-electron chi connectivity index (χ4n) is 2.32. The van der Waals surface area contributed by atoms with Gasteiger partial charge in [0.2, 0.25) is 5.95 Å². The molecule has 7 heteroatoms. The fourth-order valence-corrected chi connectivity index (χ4v) is 2.79. The van der Waals surface area contributed by atoms with E-state index in [1.165, 1.54) is 0 Å². The molecule has 0 radical (unpaired) electrons. The van der Waals surface area contributed by atoms with Crippen molar-refractivity contribution in [1.82, 2.24) is 9.97 Å². The molecule has 1 aromatic heterocycles. The van der Waals surface area contributed by atoms with Crippen LogP contribution in [0.15, 0.2) is 69.4 Å². The van der Waals surface area contributed by atoms with Gasteiger partial charge in [-0.2, -0.15) is 10.4 Å². The van der Waals surface area contributed by atoms with Crippen LogP contribution < -0.4 is 11.0 Å². The van der Waals surface area contributed by atoms with Crippen LogP contribution >= 0.6 is 11.8 Å². The lowest BCUT2D eigenvalue weighted by Crippen LogP contribution is -2.16. The van der Waals surface area contributed by atoms with E-state index in [1.807, 2.05) is 54.8 Å². The number of aromatic amines is 1. The minimum absolute atomic E-state index is 0.0293. The number of thioether (sulfide) groups is 1. The van der Waals surface area contributed by atoms with E-state index in [1.54, 1.807) is 30.1 Å². The highest BCUT2D eigenvalue weighted by Gasteiger charge is 2.12. The molecule has 0 aliphatic carbocycles. The topological polar surface area (TPSA) is 93.9 Å². The predicted molar refractivity (Wildman–Crippen MR) is 104 cm³/mol. The summed E-state index contributed by atoms with van der Waals surface area (Å²) in [5.41, 5.74) is 4.11. The van der Waals surface area contributed by atoms with Gasteiger partial charge in [0, 0.05) is 10.5 Å². The summed E-state index contributed by atoms with van der Waals surface area (Å²) in [6, 6.07) is 18.9.